The monoisotopic (exact) mass is 460 g/mol. The molecule has 33 heavy (non-hydrogen) atoms. The topological polar surface area (TPSA) is 52.6 Å². The molecule has 0 bridgehead atoms. The first-order valence-electron chi connectivity index (χ1n) is 13.4. The van der Waals surface area contributed by atoms with Crippen LogP contribution in [-0.4, -0.2) is 24.1 Å². The first-order valence-corrected chi connectivity index (χ1v) is 13.4. The molecule has 188 valence electrons. The first-order chi connectivity index (χ1) is 15.7. The number of unbranched alkanes of at least 4 members (excludes halogenated alkanes) is 2. The molecular weight excluding hydrogens is 412 g/mol. The maximum absolute atomic E-state index is 12.3. The highest BCUT2D eigenvalue weighted by Crippen LogP contribution is 2.36. The summed E-state index contributed by atoms with van der Waals surface area (Å²) in [4.78, 5) is 24.5. The summed E-state index contributed by atoms with van der Waals surface area (Å²) in [5.74, 6) is 2.81. The number of allylic oxidation sites excluding steroid dienone is 2. The van der Waals surface area contributed by atoms with Gasteiger partial charge in [-0.1, -0.05) is 66.5 Å². The summed E-state index contributed by atoms with van der Waals surface area (Å²) in [7, 11) is 0. The summed E-state index contributed by atoms with van der Waals surface area (Å²) in [5.41, 5.74) is 0. The molecule has 0 spiro atoms. The van der Waals surface area contributed by atoms with E-state index in [4.69, 9.17) is 9.47 Å². The number of carbonyl (C=O) groups is 2. The highest BCUT2D eigenvalue weighted by molar-refractivity contribution is 5.82. The van der Waals surface area contributed by atoms with E-state index in [1.54, 1.807) is 12.2 Å². The Kier molecular flexibility index (Phi) is 11.7. The molecule has 2 rings (SSSR count). The van der Waals surface area contributed by atoms with E-state index in [9.17, 15) is 9.59 Å². The van der Waals surface area contributed by atoms with E-state index in [-0.39, 0.29) is 24.1 Å². The third kappa shape index (κ3) is 9.66. The van der Waals surface area contributed by atoms with Crippen molar-refractivity contribution in [2.45, 2.75) is 112 Å². The van der Waals surface area contributed by atoms with Crippen molar-refractivity contribution >= 4 is 11.9 Å². The lowest BCUT2D eigenvalue weighted by atomic mass is 9.75. The molecule has 2 aliphatic rings. The van der Waals surface area contributed by atoms with Gasteiger partial charge in [0.15, 0.2) is 0 Å². The summed E-state index contributed by atoms with van der Waals surface area (Å²) >= 11 is 0. The van der Waals surface area contributed by atoms with Crippen LogP contribution in [0.5, 0.6) is 0 Å². The molecule has 4 nitrogen and oxygen atoms in total. The van der Waals surface area contributed by atoms with Gasteiger partial charge >= 0.3 is 11.9 Å². The number of hydrogen-bond donors (Lipinski definition) is 0. The molecule has 0 N–H and O–H groups in total. The zero-order valence-corrected chi connectivity index (χ0v) is 21.9. The Morgan fingerprint density at radius 1 is 0.727 bits per heavy atom. The molecule has 0 saturated heterocycles. The summed E-state index contributed by atoms with van der Waals surface area (Å²) in [5, 5.41) is 0. The molecule has 0 radical (unpaired) electrons. The first kappa shape index (κ1) is 27.7. The van der Waals surface area contributed by atoms with Crippen LogP contribution in [0.1, 0.15) is 99.3 Å². The van der Waals surface area contributed by atoms with Crippen LogP contribution in [0.25, 0.3) is 0 Å². The number of carbonyl (C=O) groups excluding carboxylic acids is 2. The molecule has 2 fully saturated rings. The molecule has 0 unspecified atom stereocenters. The quantitative estimate of drug-likeness (QED) is 0.195. The van der Waals surface area contributed by atoms with Crippen LogP contribution < -0.4 is 0 Å². The Labute approximate surface area is 202 Å². The van der Waals surface area contributed by atoms with Crippen molar-refractivity contribution in [3.63, 3.8) is 0 Å². The van der Waals surface area contributed by atoms with Crippen LogP contribution in [0.3, 0.4) is 0 Å². The molecule has 0 amide bonds. The van der Waals surface area contributed by atoms with E-state index < -0.39 is 0 Å². The van der Waals surface area contributed by atoms with Gasteiger partial charge in [-0.2, -0.15) is 0 Å². The molecule has 2 aliphatic carbocycles. The SMILES string of the molecule is CC(C)[C@@H]1CC[C@@H](C)C[C@H]1OC(=O)/C=C/CCC/C=C/C(=O)O[C@@H]1C[C@H](C)CC[C@H]1C(C)C. The lowest BCUT2D eigenvalue weighted by Crippen LogP contribution is -2.35. The maximum atomic E-state index is 12.3. The van der Waals surface area contributed by atoms with Crippen molar-refractivity contribution < 1.29 is 19.1 Å². The van der Waals surface area contributed by atoms with Gasteiger partial charge in [0, 0.05) is 12.2 Å². The van der Waals surface area contributed by atoms with Gasteiger partial charge in [0.25, 0.3) is 0 Å². The Bertz CT molecular complexity index is 607. The summed E-state index contributed by atoms with van der Waals surface area (Å²) in [6, 6.07) is 0. The Hall–Kier alpha value is -1.58. The van der Waals surface area contributed by atoms with E-state index in [0.29, 0.717) is 35.5 Å². The highest BCUT2D eigenvalue weighted by atomic mass is 16.5. The van der Waals surface area contributed by atoms with E-state index in [1.165, 1.54) is 12.8 Å². The Morgan fingerprint density at radius 3 is 1.48 bits per heavy atom. The molecule has 2 saturated carbocycles. The van der Waals surface area contributed by atoms with E-state index in [1.807, 2.05) is 12.2 Å². The molecular formula is C29H48O4. The number of hydrogen-bond acceptors (Lipinski definition) is 4. The van der Waals surface area contributed by atoms with Gasteiger partial charge in [-0.3, -0.25) is 0 Å². The van der Waals surface area contributed by atoms with Gasteiger partial charge in [-0.05, 0) is 80.5 Å². The largest absolute Gasteiger partial charge is 0.459 e. The van der Waals surface area contributed by atoms with Crippen molar-refractivity contribution in [3.05, 3.63) is 24.3 Å². The lowest BCUT2D eigenvalue weighted by molar-refractivity contribution is -0.150. The minimum Gasteiger partial charge on any atom is -0.459 e. The smallest absolute Gasteiger partial charge is 0.330 e. The van der Waals surface area contributed by atoms with Crippen molar-refractivity contribution in [2.75, 3.05) is 0 Å². The fourth-order valence-electron chi connectivity index (χ4n) is 5.59. The molecule has 6 atom stereocenters. The summed E-state index contributed by atoms with van der Waals surface area (Å²) < 4.78 is 11.6. The lowest BCUT2D eigenvalue weighted by Gasteiger charge is -2.36. The van der Waals surface area contributed by atoms with E-state index in [2.05, 4.69) is 41.5 Å². The minimum absolute atomic E-state index is 0.0438. The van der Waals surface area contributed by atoms with E-state index in [0.717, 1.165) is 44.9 Å². The van der Waals surface area contributed by atoms with Crippen molar-refractivity contribution in [3.8, 4) is 0 Å². The fraction of sp³-hybridized carbons (Fsp3) is 0.793. The van der Waals surface area contributed by atoms with Crippen molar-refractivity contribution in [1.82, 2.24) is 0 Å². The van der Waals surface area contributed by atoms with Crippen LogP contribution in [0.2, 0.25) is 0 Å². The predicted octanol–water partition coefficient (Wildman–Crippen LogP) is 7.28. The zero-order chi connectivity index (χ0) is 24.4. The number of ether oxygens (including phenoxy) is 2. The molecule has 0 aromatic carbocycles. The normalized spacial score (nSPS) is 30.9. The molecule has 0 aliphatic heterocycles. The second kappa shape index (κ2) is 14.0. The van der Waals surface area contributed by atoms with Gasteiger partial charge in [0.1, 0.15) is 12.2 Å². The number of rotatable bonds is 10. The van der Waals surface area contributed by atoms with Gasteiger partial charge in [-0.25, -0.2) is 9.59 Å². The number of esters is 2. The summed E-state index contributed by atoms with van der Waals surface area (Å²) in [6.45, 7) is 13.4. The Morgan fingerprint density at radius 2 is 1.12 bits per heavy atom. The van der Waals surface area contributed by atoms with Crippen LogP contribution in [-0.2, 0) is 19.1 Å². The van der Waals surface area contributed by atoms with Gasteiger partial charge < -0.3 is 9.47 Å². The second-order valence-electron chi connectivity index (χ2n) is 11.3. The van der Waals surface area contributed by atoms with Crippen LogP contribution >= 0.6 is 0 Å². The van der Waals surface area contributed by atoms with Gasteiger partial charge in [-0.15, -0.1) is 0 Å². The highest BCUT2D eigenvalue weighted by Gasteiger charge is 2.34. The average Bonchev–Trinajstić information content (AvgIpc) is 2.72. The maximum Gasteiger partial charge on any atom is 0.330 e. The fourth-order valence-corrected chi connectivity index (χ4v) is 5.59. The summed E-state index contributed by atoms with van der Waals surface area (Å²) in [6.07, 6.45) is 16.2. The third-order valence-corrected chi connectivity index (χ3v) is 7.71. The molecule has 4 heteroatoms. The van der Waals surface area contributed by atoms with Gasteiger partial charge in [0.2, 0.25) is 0 Å². The van der Waals surface area contributed by atoms with Crippen LogP contribution in [0, 0.1) is 35.5 Å². The molecule has 0 aromatic rings. The molecule has 0 aromatic heterocycles. The van der Waals surface area contributed by atoms with Crippen molar-refractivity contribution in [1.29, 1.82) is 0 Å². The average molecular weight is 461 g/mol. The minimum atomic E-state index is -0.222. The molecule has 0 heterocycles. The van der Waals surface area contributed by atoms with Crippen LogP contribution in [0.15, 0.2) is 24.3 Å². The van der Waals surface area contributed by atoms with E-state index >= 15 is 0 Å². The Balaban J connectivity index is 1.66. The van der Waals surface area contributed by atoms with Gasteiger partial charge in [0.05, 0.1) is 0 Å². The third-order valence-electron chi connectivity index (χ3n) is 7.71. The van der Waals surface area contributed by atoms with Crippen LogP contribution in [0.4, 0.5) is 0 Å². The zero-order valence-electron chi connectivity index (χ0n) is 21.9. The van der Waals surface area contributed by atoms with Crippen molar-refractivity contribution in [2.24, 2.45) is 35.5 Å². The predicted molar refractivity (Wildman–Crippen MR) is 135 cm³/mol. The second-order valence-corrected chi connectivity index (χ2v) is 11.3. The standard InChI is InChI=1S/C29H48O4/c1-20(2)24-16-14-22(5)18-26(24)32-28(30)12-10-8-7-9-11-13-29(31)33-27-19-23(6)15-17-25(27)21(3)4/h10-13,20-27H,7-9,14-19H2,1-6H3/b12-10+,13-11+/t22-,23-,24+,25+,26-,27-/m1/s1.